The van der Waals surface area contributed by atoms with Crippen LogP contribution in [0.15, 0.2) is 30.5 Å². The van der Waals surface area contributed by atoms with E-state index in [9.17, 15) is 4.39 Å². The molecule has 2 aromatic rings. The maximum atomic E-state index is 13.9. The summed E-state index contributed by atoms with van der Waals surface area (Å²) in [6.45, 7) is 4.23. The molecule has 1 aliphatic heterocycles. The van der Waals surface area contributed by atoms with Crippen LogP contribution in [0.2, 0.25) is 0 Å². The minimum absolute atomic E-state index is 0.209. The van der Waals surface area contributed by atoms with Gasteiger partial charge in [-0.1, -0.05) is 6.07 Å². The zero-order chi connectivity index (χ0) is 15.5. The molecule has 2 heterocycles. The predicted octanol–water partition coefficient (Wildman–Crippen LogP) is 2.14. The van der Waals surface area contributed by atoms with E-state index in [0.29, 0.717) is 5.39 Å². The molecular weight excluding hydrogens is 281 g/mol. The van der Waals surface area contributed by atoms with Crippen molar-refractivity contribution < 1.29 is 9.13 Å². The van der Waals surface area contributed by atoms with Gasteiger partial charge in [0.1, 0.15) is 5.82 Å². The summed E-state index contributed by atoms with van der Waals surface area (Å²) in [5.41, 5.74) is 1.83. The maximum Gasteiger partial charge on any atom is 0.132 e. The number of aromatic nitrogens is 1. The zero-order valence-corrected chi connectivity index (χ0v) is 13.1. The van der Waals surface area contributed by atoms with E-state index in [0.717, 1.165) is 43.9 Å². The lowest BCUT2D eigenvalue weighted by Crippen LogP contribution is -2.46. The van der Waals surface area contributed by atoms with E-state index in [1.165, 1.54) is 6.07 Å². The van der Waals surface area contributed by atoms with Crippen LogP contribution in [0.1, 0.15) is 5.56 Å². The predicted molar refractivity (Wildman–Crippen MR) is 85.3 cm³/mol. The van der Waals surface area contributed by atoms with Gasteiger partial charge >= 0.3 is 0 Å². The molecule has 0 bridgehead atoms. The normalized spacial score (nSPS) is 19.9. The van der Waals surface area contributed by atoms with Gasteiger partial charge in [0.2, 0.25) is 0 Å². The van der Waals surface area contributed by atoms with Crippen LogP contribution in [0.5, 0.6) is 0 Å². The molecule has 22 heavy (non-hydrogen) atoms. The average Bonchev–Trinajstić information content (AvgIpc) is 2.50. The molecule has 1 saturated heterocycles. The fourth-order valence-electron chi connectivity index (χ4n) is 3.01. The number of hydrogen-bond acceptors (Lipinski definition) is 4. The standard InChI is InChI=1S/C17H22FN3O/c1-20(2)11-14-12-21(8-9-22-14)10-13-5-6-16(18)15-4-3-7-19-17(13)15/h3-7,14H,8-12H2,1-2H3/t14-/m0/s1. The van der Waals surface area contributed by atoms with E-state index in [1.54, 1.807) is 18.3 Å². The number of ether oxygens (including phenoxy) is 1. The van der Waals surface area contributed by atoms with Gasteiger partial charge in [0.25, 0.3) is 0 Å². The highest BCUT2D eigenvalue weighted by Gasteiger charge is 2.21. The van der Waals surface area contributed by atoms with E-state index in [1.807, 2.05) is 6.07 Å². The minimum atomic E-state index is -0.209. The van der Waals surface area contributed by atoms with E-state index < -0.39 is 0 Å². The largest absolute Gasteiger partial charge is 0.374 e. The summed E-state index contributed by atoms with van der Waals surface area (Å²) < 4.78 is 19.7. The Bertz CT molecular complexity index is 647. The van der Waals surface area contributed by atoms with Crippen molar-refractivity contribution in [1.29, 1.82) is 0 Å². The summed E-state index contributed by atoms with van der Waals surface area (Å²) in [6.07, 6.45) is 1.95. The average molecular weight is 303 g/mol. The lowest BCUT2D eigenvalue weighted by atomic mass is 10.1. The number of nitrogens with zero attached hydrogens (tertiary/aromatic N) is 3. The number of pyridine rings is 1. The van der Waals surface area contributed by atoms with Crippen molar-refractivity contribution in [3.63, 3.8) is 0 Å². The molecule has 118 valence electrons. The summed E-state index contributed by atoms with van der Waals surface area (Å²) >= 11 is 0. The number of halogens is 1. The number of rotatable bonds is 4. The molecule has 0 radical (unpaired) electrons. The molecule has 0 unspecified atom stereocenters. The van der Waals surface area contributed by atoms with Crippen molar-refractivity contribution in [1.82, 2.24) is 14.8 Å². The van der Waals surface area contributed by atoms with E-state index in [4.69, 9.17) is 4.74 Å². The van der Waals surface area contributed by atoms with Crippen molar-refractivity contribution in [2.75, 3.05) is 40.3 Å². The Morgan fingerprint density at radius 1 is 1.36 bits per heavy atom. The smallest absolute Gasteiger partial charge is 0.132 e. The molecule has 3 rings (SSSR count). The lowest BCUT2D eigenvalue weighted by molar-refractivity contribution is -0.0405. The molecule has 1 aromatic heterocycles. The first-order chi connectivity index (χ1) is 10.6. The second kappa shape index (κ2) is 6.69. The number of fused-ring (bicyclic) bond motifs is 1. The molecule has 1 aliphatic rings. The zero-order valence-electron chi connectivity index (χ0n) is 13.1. The van der Waals surface area contributed by atoms with Crippen molar-refractivity contribution in [2.24, 2.45) is 0 Å². The van der Waals surface area contributed by atoms with Gasteiger partial charge in [-0.25, -0.2) is 4.39 Å². The third-order valence-electron chi connectivity index (χ3n) is 3.99. The highest BCUT2D eigenvalue weighted by molar-refractivity contribution is 5.82. The third-order valence-corrected chi connectivity index (χ3v) is 3.99. The first-order valence-electron chi connectivity index (χ1n) is 7.64. The molecular formula is C17H22FN3O. The van der Waals surface area contributed by atoms with Crippen LogP contribution >= 0.6 is 0 Å². The van der Waals surface area contributed by atoms with Crippen LogP contribution in [0.25, 0.3) is 10.9 Å². The van der Waals surface area contributed by atoms with Gasteiger partial charge in [0.05, 0.1) is 18.2 Å². The summed E-state index contributed by atoms with van der Waals surface area (Å²) in [5.74, 6) is -0.209. The Kier molecular flexibility index (Phi) is 4.66. The fraction of sp³-hybridized carbons (Fsp3) is 0.471. The number of benzene rings is 1. The summed E-state index contributed by atoms with van der Waals surface area (Å²) in [7, 11) is 4.11. The quantitative estimate of drug-likeness (QED) is 0.865. The van der Waals surface area contributed by atoms with Gasteiger partial charge < -0.3 is 9.64 Å². The summed E-state index contributed by atoms with van der Waals surface area (Å²) in [5, 5.41) is 0.595. The molecule has 0 amide bonds. The minimum Gasteiger partial charge on any atom is -0.374 e. The summed E-state index contributed by atoms with van der Waals surface area (Å²) in [6, 6.07) is 6.95. The molecule has 0 saturated carbocycles. The monoisotopic (exact) mass is 303 g/mol. The van der Waals surface area contributed by atoms with Crippen molar-refractivity contribution in [3.05, 3.63) is 41.8 Å². The molecule has 1 fully saturated rings. The van der Waals surface area contributed by atoms with Gasteiger partial charge in [-0.3, -0.25) is 9.88 Å². The molecule has 5 heteroatoms. The van der Waals surface area contributed by atoms with E-state index >= 15 is 0 Å². The second-order valence-corrected chi connectivity index (χ2v) is 6.10. The molecule has 0 N–H and O–H groups in total. The van der Waals surface area contributed by atoms with Crippen LogP contribution in [-0.2, 0) is 11.3 Å². The highest BCUT2D eigenvalue weighted by Crippen LogP contribution is 2.21. The van der Waals surface area contributed by atoms with Crippen LogP contribution < -0.4 is 0 Å². The molecule has 4 nitrogen and oxygen atoms in total. The SMILES string of the molecule is CN(C)C[C@H]1CN(Cc2ccc(F)c3cccnc23)CCO1. The molecule has 0 aliphatic carbocycles. The number of morpholine rings is 1. The number of hydrogen-bond donors (Lipinski definition) is 0. The fourth-order valence-corrected chi connectivity index (χ4v) is 3.01. The van der Waals surface area contributed by atoms with Crippen LogP contribution in [0.3, 0.4) is 0 Å². The Hall–Kier alpha value is -1.56. The van der Waals surface area contributed by atoms with Crippen LogP contribution in [0, 0.1) is 5.82 Å². The Labute approximate surface area is 130 Å². The van der Waals surface area contributed by atoms with Gasteiger partial charge in [-0.2, -0.15) is 0 Å². The van der Waals surface area contributed by atoms with Crippen molar-refractivity contribution in [2.45, 2.75) is 12.6 Å². The van der Waals surface area contributed by atoms with Crippen LogP contribution in [0.4, 0.5) is 4.39 Å². The van der Waals surface area contributed by atoms with Gasteiger partial charge in [-0.05, 0) is 37.9 Å². The highest BCUT2D eigenvalue weighted by atomic mass is 19.1. The maximum absolute atomic E-state index is 13.9. The molecule has 0 spiro atoms. The Morgan fingerprint density at radius 2 is 2.23 bits per heavy atom. The van der Waals surface area contributed by atoms with Gasteiger partial charge in [0, 0.05) is 37.8 Å². The summed E-state index contributed by atoms with van der Waals surface area (Å²) in [4.78, 5) is 8.87. The number of likely N-dealkylation sites (N-methyl/N-ethyl adjacent to an activating group) is 1. The first-order valence-corrected chi connectivity index (χ1v) is 7.64. The van der Waals surface area contributed by atoms with E-state index in [2.05, 4.69) is 28.9 Å². The third kappa shape index (κ3) is 3.43. The first kappa shape index (κ1) is 15.3. The van der Waals surface area contributed by atoms with Crippen molar-refractivity contribution >= 4 is 10.9 Å². The van der Waals surface area contributed by atoms with Gasteiger partial charge in [0.15, 0.2) is 0 Å². The lowest BCUT2D eigenvalue weighted by Gasteiger charge is -2.34. The van der Waals surface area contributed by atoms with Gasteiger partial charge in [-0.15, -0.1) is 0 Å². The van der Waals surface area contributed by atoms with Crippen molar-refractivity contribution in [3.8, 4) is 0 Å². The second-order valence-electron chi connectivity index (χ2n) is 6.10. The Morgan fingerprint density at radius 3 is 3.05 bits per heavy atom. The molecule has 1 aromatic carbocycles. The van der Waals surface area contributed by atoms with Crippen LogP contribution in [-0.4, -0.2) is 61.2 Å². The Balaban J connectivity index is 1.77. The topological polar surface area (TPSA) is 28.6 Å². The molecule has 1 atom stereocenters. The van der Waals surface area contributed by atoms with E-state index in [-0.39, 0.29) is 11.9 Å².